The summed E-state index contributed by atoms with van der Waals surface area (Å²) >= 11 is 1.62. The summed E-state index contributed by atoms with van der Waals surface area (Å²) in [6, 6.07) is 16.8. The van der Waals surface area contributed by atoms with Gasteiger partial charge in [-0.05, 0) is 42.1 Å². The average molecular weight is 380 g/mol. The lowest BCUT2D eigenvalue weighted by Gasteiger charge is -2.06. The molecule has 0 aliphatic heterocycles. The molecule has 2 aromatic carbocycles. The van der Waals surface area contributed by atoms with E-state index in [1.807, 2.05) is 23.6 Å². The lowest BCUT2D eigenvalue weighted by atomic mass is 10.1. The van der Waals surface area contributed by atoms with Crippen LogP contribution in [0.15, 0.2) is 53.9 Å². The number of benzene rings is 2. The second kappa shape index (κ2) is 10.6. The van der Waals surface area contributed by atoms with E-state index >= 15 is 0 Å². The van der Waals surface area contributed by atoms with E-state index in [1.54, 1.807) is 35.6 Å². The van der Waals surface area contributed by atoms with Gasteiger partial charge in [-0.25, -0.2) is 0 Å². The number of thiophene rings is 1. The first kappa shape index (κ1) is 19.9. The van der Waals surface area contributed by atoms with Crippen molar-refractivity contribution in [3.05, 3.63) is 65.0 Å². The fourth-order valence-corrected chi connectivity index (χ4v) is 3.21. The van der Waals surface area contributed by atoms with Gasteiger partial charge in [0.2, 0.25) is 6.41 Å². The van der Waals surface area contributed by atoms with Crippen LogP contribution in [0.4, 0.5) is 5.69 Å². The highest BCUT2D eigenvalue weighted by molar-refractivity contribution is 7.17. The largest absolute Gasteiger partial charge is 0.385 e. The highest BCUT2D eigenvalue weighted by Crippen LogP contribution is 2.30. The molecule has 0 aliphatic carbocycles. The third-order valence-electron chi connectivity index (χ3n) is 3.58. The quantitative estimate of drug-likeness (QED) is 0.449. The van der Waals surface area contributed by atoms with E-state index in [2.05, 4.69) is 35.2 Å². The van der Waals surface area contributed by atoms with Crippen molar-refractivity contribution < 1.29 is 9.59 Å². The van der Waals surface area contributed by atoms with Crippen molar-refractivity contribution in [2.45, 2.75) is 13.3 Å². The lowest BCUT2D eigenvalue weighted by Crippen LogP contribution is -2.36. The third-order valence-corrected chi connectivity index (χ3v) is 4.53. The summed E-state index contributed by atoms with van der Waals surface area (Å²) < 4.78 is 1.08. The standard InChI is InChI=1S/C12H12N2S.C8H8N2O2/c1-2-6-14-11-4-3-9(8-13)12-10(11)5-7-15-12;11-6-9-10-8(12)7-4-2-1-3-5-7/h3-5,7,14H,2,6H2,1H3;1-6H,(H,9,11)(H,10,12). The Labute approximate surface area is 161 Å². The van der Waals surface area contributed by atoms with Gasteiger partial charge in [0, 0.05) is 23.2 Å². The predicted octanol–water partition coefficient (Wildman–Crippen LogP) is 3.67. The zero-order valence-corrected chi connectivity index (χ0v) is 15.7. The first-order valence-electron chi connectivity index (χ1n) is 8.40. The third kappa shape index (κ3) is 5.56. The van der Waals surface area contributed by atoms with Gasteiger partial charge in [0.25, 0.3) is 5.91 Å². The first-order valence-corrected chi connectivity index (χ1v) is 9.28. The molecule has 0 atom stereocenters. The lowest BCUT2D eigenvalue weighted by molar-refractivity contribution is -0.110. The minimum Gasteiger partial charge on any atom is -0.385 e. The topological polar surface area (TPSA) is 94.0 Å². The highest BCUT2D eigenvalue weighted by Gasteiger charge is 2.06. The number of nitriles is 1. The van der Waals surface area contributed by atoms with Crippen LogP contribution in [0.3, 0.4) is 0 Å². The Bertz CT molecular complexity index is 932. The molecule has 3 N–H and O–H groups in total. The summed E-state index contributed by atoms with van der Waals surface area (Å²) in [6.45, 7) is 3.11. The van der Waals surface area contributed by atoms with Crippen LogP contribution < -0.4 is 16.2 Å². The molecule has 0 saturated carbocycles. The van der Waals surface area contributed by atoms with E-state index in [9.17, 15) is 9.59 Å². The molecule has 7 heteroatoms. The maximum absolute atomic E-state index is 11.1. The molecule has 0 spiro atoms. The number of rotatable bonds is 6. The molecule has 0 saturated heterocycles. The molecule has 0 unspecified atom stereocenters. The van der Waals surface area contributed by atoms with Crippen molar-refractivity contribution in [3.63, 3.8) is 0 Å². The molecule has 0 bridgehead atoms. The van der Waals surface area contributed by atoms with Crippen LogP contribution in [0, 0.1) is 11.3 Å². The maximum Gasteiger partial charge on any atom is 0.269 e. The Morgan fingerprint density at radius 2 is 1.96 bits per heavy atom. The number of carbonyl (C=O) groups is 2. The maximum atomic E-state index is 11.1. The highest BCUT2D eigenvalue weighted by atomic mass is 32.1. The van der Waals surface area contributed by atoms with Crippen LogP contribution in [0.5, 0.6) is 0 Å². The minimum absolute atomic E-state index is 0.331. The number of anilines is 1. The van der Waals surface area contributed by atoms with Gasteiger partial charge in [0.05, 0.1) is 10.3 Å². The second-order valence-electron chi connectivity index (χ2n) is 5.45. The molecule has 2 amide bonds. The summed E-state index contributed by atoms with van der Waals surface area (Å²) in [6.07, 6.45) is 1.51. The monoisotopic (exact) mass is 380 g/mol. The molecule has 1 heterocycles. The summed E-state index contributed by atoms with van der Waals surface area (Å²) in [7, 11) is 0. The van der Waals surface area contributed by atoms with Crippen molar-refractivity contribution >= 4 is 39.4 Å². The zero-order valence-electron chi connectivity index (χ0n) is 14.9. The zero-order chi connectivity index (χ0) is 19.5. The smallest absolute Gasteiger partial charge is 0.269 e. The number of nitrogens with zero attached hydrogens (tertiary/aromatic N) is 1. The van der Waals surface area contributed by atoms with Gasteiger partial charge in [-0.2, -0.15) is 5.26 Å². The molecular weight excluding hydrogens is 360 g/mol. The van der Waals surface area contributed by atoms with Crippen molar-refractivity contribution in [1.82, 2.24) is 10.9 Å². The minimum atomic E-state index is -0.331. The summed E-state index contributed by atoms with van der Waals surface area (Å²) in [5.74, 6) is -0.331. The second-order valence-corrected chi connectivity index (χ2v) is 6.36. The van der Waals surface area contributed by atoms with Crippen LogP contribution in [0.1, 0.15) is 29.3 Å². The van der Waals surface area contributed by atoms with Crippen molar-refractivity contribution in [2.24, 2.45) is 0 Å². The predicted molar refractivity (Wildman–Crippen MR) is 108 cm³/mol. The van der Waals surface area contributed by atoms with Gasteiger partial charge < -0.3 is 5.32 Å². The molecule has 1 aromatic heterocycles. The van der Waals surface area contributed by atoms with Crippen LogP contribution in [0.2, 0.25) is 0 Å². The number of carbonyl (C=O) groups excluding carboxylic acids is 2. The Morgan fingerprint density at radius 1 is 1.19 bits per heavy atom. The Kier molecular flexibility index (Phi) is 7.82. The number of amides is 2. The molecule has 0 fully saturated rings. The summed E-state index contributed by atoms with van der Waals surface area (Å²) in [5.41, 5.74) is 6.66. The number of hydrazine groups is 1. The van der Waals surface area contributed by atoms with Gasteiger partial charge >= 0.3 is 0 Å². The van der Waals surface area contributed by atoms with E-state index in [0.29, 0.717) is 12.0 Å². The Morgan fingerprint density at radius 3 is 2.63 bits per heavy atom. The van der Waals surface area contributed by atoms with Gasteiger partial charge in [-0.3, -0.25) is 20.4 Å². The Balaban J connectivity index is 0.000000199. The van der Waals surface area contributed by atoms with E-state index in [-0.39, 0.29) is 5.91 Å². The van der Waals surface area contributed by atoms with E-state index in [4.69, 9.17) is 5.26 Å². The SMILES string of the molecule is CCCNc1ccc(C#N)c2sccc12.O=CNNC(=O)c1ccccc1. The fraction of sp³-hybridized carbons (Fsp3) is 0.150. The van der Waals surface area contributed by atoms with Crippen molar-refractivity contribution in [3.8, 4) is 6.07 Å². The normalized spacial score (nSPS) is 9.48. The van der Waals surface area contributed by atoms with E-state index < -0.39 is 0 Å². The molecule has 6 nitrogen and oxygen atoms in total. The number of fused-ring (bicyclic) bond motifs is 1. The molecule has 3 rings (SSSR count). The van der Waals surface area contributed by atoms with Crippen molar-refractivity contribution in [2.75, 3.05) is 11.9 Å². The summed E-state index contributed by atoms with van der Waals surface area (Å²) in [4.78, 5) is 20.9. The van der Waals surface area contributed by atoms with Crippen LogP contribution in [-0.2, 0) is 4.79 Å². The molecule has 138 valence electrons. The number of hydrogen-bond donors (Lipinski definition) is 3. The van der Waals surface area contributed by atoms with Crippen LogP contribution >= 0.6 is 11.3 Å². The van der Waals surface area contributed by atoms with Crippen LogP contribution in [0.25, 0.3) is 10.1 Å². The summed E-state index contributed by atoms with van der Waals surface area (Å²) in [5, 5.41) is 15.5. The van der Waals surface area contributed by atoms with Crippen molar-refractivity contribution in [1.29, 1.82) is 5.26 Å². The average Bonchev–Trinajstić information content (AvgIpc) is 3.21. The van der Waals surface area contributed by atoms with Gasteiger partial charge in [0.1, 0.15) is 6.07 Å². The van der Waals surface area contributed by atoms with Gasteiger partial charge in [-0.15, -0.1) is 11.3 Å². The number of hydrogen-bond acceptors (Lipinski definition) is 5. The molecule has 27 heavy (non-hydrogen) atoms. The van der Waals surface area contributed by atoms with Gasteiger partial charge in [0.15, 0.2) is 0 Å². The van der Waals surface area contributed by atoms with E-state index in [0.717, 1.165) is 34.3 Å². The van der Waals surface area contributed by atoms with Crippen LogP contribution in [-0.4, -0.2) is 18.9 Å². The fourth-order valence-electron chi connectivity index (χ4n) is 2.32. The van der Waals surface area contributed by atoms with Gasteiger partial charge in [-0.1, -0.05) is 25.1 Å². The molecule has 0 aliphatic rings. The molecular formula is C20H20N4O2S. The number of nitrogens with one attached hydrogen (secondary N) is 3. The molecule has 0 radical (unpaired) electrons. The molecule has 3 aromatic rings. The Hall–Kier alpha value is -3.37. The first-order chi connectivity index (χ1) is 13.2. The van der Waals surface area contributed by atoms with E-state index in [1.165, 1.54) is 0 Å².